The number of tetrazole rings is 1. The lowest BCUT2D eigenvalue weighted by Crippen LogP contribution is -2.04. The third-order valence-electron chi connectivity index (χ3n) is 5.19. The summed E-state index contributed by atoms with van der Waals surface area (Å²) >= 11 is 7.78. The smallest absolute Gasteiger partial charge is 0.209 e. The molecule has 0 atom stereocenters. The maximum atomic E-state index is 6.09. The molecule has 0 radical (unpaired) electrons. The van der Waals surface area contributed by atoms with E-state index in [-0.39, 0.29) is 0 Å². The van der Waals surface area contributed by atoms with Crippen LogP contribution >= 0.6 is 23.4 Å². The Morgan fingerprint density at radius 1 is 0.912 bits per heavy atom. The standard InChI is InChI=1S/C25H21ClN6OS/c1-33-22-13-7-18(8-14-22)16-31-29-24(28-30-31)23-15-27-32(21-11-9-20(26)10-12-21)25(23)34-17-19-5-3-2-4-6-19/h2-15H,16-17H2,1H3. The maximum absolute atomic E-state index is 6.09. The van der Waals surface area contributed by atoms with Gasteiger partial charge in [-0.3, -0.25) is 0 Å². The topological polar surface area (TPSA) is 70.7 Å². The molecule has 0 spiro atoms. The minimum Gasteiger partial charge on any atom is -0.497 e. The van der Waals surface area contributed by atoms with Crippen molar-refractivity contribution in [1.29, 1.82) is 0 Å². The van der Waals surface area contributed by atoms with Crippen LogP contribution < -0.4 is 4.74 Å². The van der Waals surface area contributed by atoms with Crippen molar-refractivity contribution in [2.75, 3.05) is 7.11 Å². The lowest BCUT2D eigenvalue weighted by molar-refractivity contribution is 0.414. The van der Waals surface area contributed by atoms with Gasteiger partial charge in [0.2, 0.25) is 5.82 Å². The van der Waals surface area contributed by atoms with Crippen LogP contribution in [-0.4, -0.2) is 37.1 Å². The van der Waals surface area contributed by atoms with Crippen molar-refractivity contribution in [1.82, 2.24) is 30.0 Å². The third kappa shape index (κ3) is 4.98. The van der Waals surface area contributed by atoms with Gasteiger partial charge in [0.05, 0.1) is 31.1 Å². The Labute approximate surface area is 206 Å². The van der Waals surface area contributed by atoms with Crippen molar-refractivity contribution in [2.45, 2.75) is 17.3 Å². The Bertz CT molecular complexity index is 1370. The van der Waals surface area contributed by atoms with Gasteiger partial charge in [-0.25, -0.2) is 4.68 Å². The number of benzene rings is 3. The minimum absolute atomic E-state index is 0.509. The Kier molecular flexibility index (Phi) is 6.60. The van der Waals surface area contributed by atoms with Gasteiger partial charge in [-0.2, -0.15) is 9.90 Å². The quantitative estimate of drug-likeness (QED) is 0.267. The molecule has 9 heteroatoms. The van der Waals surface area contributed by atoms with Gasteiger partial charge in [0.1, 0.15) is 10.8 Å². The Morgan fingerprint density at radius 3 is 2.41 bits per heavy atom. The molecule has 7 nitrogen and oxygen atoms in total. The zero-order chi connectivity index (χ0) is 23.3. The van der Waals surface area contributed by atoms with E-state index in [0.29, 0.717) is 17.4 Å². The molecule has 0 amide bonds. The summed E-state index contributed by atoms with van der Waals surface area (Å²) in [6.45, 7) is 0.509. The van der Waals surface area contributed by atoms with E-state index in [4.69, 9.17) is 16.3 Å². The molecule has 170 valence electrons. The van der Waals surface area contributed by atoms with Gasteiger partial charge in [0.15, 0.2) is 0 Å². The van der Waals surface area contributed by atoms with Gasteiger partial charge >= 0.3 is 0 Å². The highest BCUT2D eigenvalue weighted by Crippen LogP contribution is 2.33. The predicted octanol–water partition coefficient (Wildman–Crippen LogP) is 5.53. The van der Waals surface area contributed by atoms with Gasteiger partial charge in [-0.15, -0.1) is 22.0 Å². The molecule has 0 saturated heterocycles. The van der Waals surface area contributed by atoms with Gasteiger partial charge in [-0.05, 0) is 52.7 Å². The van der Waals surface area contributed by atoms with Crippen molar-refractivity contribution >= 4 is 23.4 Å². The van der Waals surface area contributed by atoms with Crippen LogP contribution in [0.25, 0.3) is 17.1 Å². The molecular formula is C25H21ClN6OS. The second-order valence-electron chi connectivity index (χ2n) is 7.52. The van der Waals surface area contributed by atoms with E-state index >= 15 is 0 Å². The summed E-state index contributed by atoms with van der Waals surface area (Å²) in [7, 11) is 1.65. The molecule has 2 heterocycles. The summed E-state index contributed by atoms with van der Waals surface area (Å²) < 4.78 is 7.12. The van der Waals surface area contributed by atoms with E-state index in [1.54, 1.807) is 29.9 Å². The molecule has 5 aromatic rings. The van der Waals surface area contributed by atoms with Crippen molar-refractivity contribution < 1.29 is 4.74 Å². The van der Waals surface area contributed by atoms with Crippen LogP contribution in [-0.2, 0) is 12.3 Å². The van der Waals surface area contributed by atoms with Crippen LogP contribution in [0.1, 0.15) is 11.1 Å². The first kappa shape index (κ1) is 22.2. The summed E-state index contributed by atoms with van der Waals surface area (Å²) in [5.74, 6) is 2.13. The first-order valence-electron chi connectivity index (χ1n) is 10.6. The number of hydrogen-bond acceptors (Lipinski definition) is 6. The maximum Gasteiger partial charge on any atom is 0.209 e. The van der Waals surface area contributed by atoms with Gasteiger partial charge in [-0.1, -0.05) is 54.1 Å². The molecule has 3 aromatic carbocycles. The summed E-state index contributed by atoms with van der Waals surface area (Å²) in [6, 6.07) is 25.7. The van der Waals surface area contributed by atoms with Crippen LogP contribution in [0.2, 0.25) is 5.02 Å². The van der Waals surface area contributed by atoms with Crippen molar-refractivity contribution in [2.24, 2.45) is 0 Å². The molecule has 0 aliphatic carbocycles. The summed E-state index contributed by atoms with van der Waals surface area (Å²) in [6.07, 6.45) is 1.79. The predicted molar refractivity (Wildman–Crippen MR) is 133 cm³/mol. The summed E-state index contributed by atoms with van der Waals surface area (Å²) in [4.78, 5) is 1.59. The average molecular weight is 489 g/mol. The number of methoxy groups -OCH3 is 1. The summed E-state index contributed by atoms with van der Waals surface area (Å²) in [5, 5.41) is 19.5. The molecule has 5 rings (SSSR count). The SMILES string of the molecule is COc1ccc(Cn2nnc(-c3cnn(-c4ccc(Cl)cc4)c3SCc3ccccc3)n2)cc1. The molecule has 2 aromatic heterocycles. The summed E-state index contributed by atoms with van der Waals surface area (Å²) in [5.41, 5.74) is 4.02. The molecule has 0 fully saturated rings. The van der Waals surface area contributed by atoms with E-state index in [2.05, 4.69) is 32.6 Å². The van der Waals surface area contributed by atoms with Crippen LogP contribution in [0.15, 0.2) is 90.1 Å². The van der Waals surface area contributed by atoms with E-state index < -0.39 is 0 Å². The normalized spacial score (nSPS) is 11.0. The van der Waals surface area contributed by atoms with E-state index in [1.165, 1.54) is 5.56 Å². The number of rotatable bonds is 8. The lowest BCUT2D eigenvalue weighted by Gasteiger charge is -2.09. The first-order chi connectivity index (χ1) is 16.7. The molecule has 0 unspecified atom stereocenters. The molecule has 0 saturated carbocycles. The van der Waals surface area contributed by atoms with E-state index in [0.717, 1.165) is 33.3 Å². The second kappa shape index (κ2) is 10.1. The van der Waals surface area contributed by atoms with Crippen LogP contribution in [0.5, 0.6) is 5.75 Å². The zero-order valence-corrected chi connectivity index (χ0v) is 19.9. The van der Waals surface area contributed by atoms with E-state index in [1.807, 2.05) is 71.4 Å². The van der Waals surface area contributed by atoms with Gasteiger partial charge < -0.3 is 4.74 Å². The number of ether oxygens (including phenoxy) is 1. The molecule has 0 aliphatic rings. The van der Waals surface area contributed by atoms with Crippen molar-refractivity contribution in [3.8, 4) is 22.8 Å². The number of hydrogen-bond donors (Lipinski definition) is 0. The largest absolute Gasteiger partial charge is 0.497 e. The van der Waals surface area contributed by atoms with Gasteiger partial charge in [0.25, 0.3) is 0 Å². The Morgan fingerprint density at radius 2 is 1.68 bits per heavy atom. The number of nitrogens with zero attached hydrogens (tertiary/aromatic N) is 6. The van der Waals surface area contributed by atoms with Crippen LogP contribution in [0.3, 0.4) is 0 Å². The monoisotopic (exact) mass is 488 g/mol. The lowest BCUT2D eigenvalue weighted by atomic mass is 10.2. The third-order valence-corrected chi connectivity index (χ3v) is 6.59. The number of aromatic nitrogens is 6. The number of thioether (sulfide) groups is 1. The molecule has 34 heavy (non-hydrogen) atoms. The average Bonchev–Trinajstić information content (AvgIpc) is 3.51. The highest BCUT2D eigenvalue weighted by Gasteiger charge is 2.19. The zero-order valence-electron chi connectivity index (χ0n) is 18.4. The first-order valence-corrected chi connectivity index (χ1v) is 12.0. The van der Waals surface area contributed by atoms with Crippen LogP contribution in [0.4, 0.5) is 0 Å². The fraction of sp³-hybridized carbons (Fsp3) is 0.120. The fourth-order valence-corrected chi connectivity index (χ4v) is 4.63. The molecule has 0 aliphatic heterocycles. The van der Waals surface area contributed by atoms with Crippen molar-refractivity contribution in [3.05, 3.63) is 101 Å². The molecular weight excluding hydrogens is 468 g/mol. The van der Waals surface area contributed by atoms with E-state index in [9.17, 15) is 0 Å². The second-order valence-corrected chi connectivity index (χ2v) is 8.92. The molecule has 0 bridgehead atoms. The Hall–Kier alpha value is -3.62. The molecule has 0 N–H and O–H groups in total. The fourth-order valence-electron chi connectivity index (χ4n) is 3.43. The number of halogens is 1. The Balaban J connectivity index is 1.45. The van der Waals surface area contributed by atoms with Crippen molar-refractivity contribution in [3.63, 3.8) is 0 Å². The van der Waals surface area contributed by atoms with Crippen LogP contribution in [0, 0.1) is 0 Å². The van der Waals surface area contributed by atoms with Gasteiger partial charge in [0, 0.05) is 10.8 Å². The highest BCUT2D eigenvalue weighted by atomic mass is 35.5. The minimum atomic E-state index is 0.509. The highest BCUT2D eigenvalue weighted by molar-refractivity contribution is 7.98.